The molecule has 2 heterocycles. The highest BCUT2D eigenvalue weighted by Gasteiger charge is 2.23. The Bertz CT molecular complexity index is 510. The predicted octanol–water partition coefficient (Wildman–Crippen LogP) is 1.35. The van der Waals surface area contributed by atoms with Gasteiger partial charge < -0.3 is 10.6 Å². The molecule has 19 heavy (non-hydrogen) atoms. The van der Waals surface area contributed by atoms with Gasteiger partial charge in [0.25, 0.3) is 5.91 Å². The van der Waals surface area contributed by atoms with Crippen LogP contribution in [0, 0.1) is 0 Å². The van der Waals surface area contributed by atoms with Gasteiger partial charge in [-0.3, -0.25) is 14.4 Å². The summed E-state index contributed by atoms with van der Waals surface area (Å²) in [5.41, 5.74) is 0. The summed E-state index contributed by atoms with van der Waals surface area (Å²) in [5, 5.41) is 5.50. The molecule has 1 aliphatic rings. The highest BCUT2D eigenvalue weighted by atomic mass is 32.1. The Kier molecular flexibility index (Phi) is 4.31. The van der Waals surface area contributed by atoms with Crippen molar-refractivity contribution in [3.8, 4) is 0 Å². The third-order valence-corrected chi connectivity index (χ3v) is 4.20. The molecule has 1 aromatic rings. The second-order valence-corrected chi connectivity index (χ2v) is 5.62. The van der Waals surface area contributed by atoms with Gasteiger partial charge in [0, 0.05) is 6.54 Å². The van der Waals surface area contributed by atoms with Gasteiger partial charge in [0.1, 0.15) is 6.04 Å². The number of carbonyl (C=O) groups is 3. The number of amides is 2. The van der Waals surface area contributed by atoms with Gasteiger partial charge in [0.2, 0.25) is 5.91 Å². The summed E-state index contributed by atoms with van der Waals surface area (Å²) >= 11 is 1.15. The molecule has 102 valence electrons. The maximum atomic E-state index is 12.0. The lowest BCUT2D eigenvalue weighted by molar-refractivity contribution is -0.122. The van der Waals surface area contributed by atoms with E-state index < -0.39 is 6.04 Å². The van der Waals surface area contributed by atoms with Crippen LogP contribution in [-0.4, -0.2) is 30.2 Å². The lowest BCUT2D eigenvalue weighted by Gasteiger charge is -2.14. The van der Waals surface area contributed by atoms with Crippen LogP contribution < -0.4 is 10.6 Å². The highest BCUT2D eigenvalue weighted by Crippen LogP contribution is 2.17. The maximum Gasteiger partial charge on any atom is 0.262 e. The molecule has 1 atom stereocenters. The van der Waals surface area contributed by atoms with Crippen molar-refractivity contribution in [2.45, 2.75) is 32.2 Å². The Morgan fingerprint density at radius 3 is 2.74 bits per heavy atom. The van der Waals surface area contributed by atoms with Crippen molar-refractivity contribution in [3.63, 3.8) is 0 Å². The molecule has 1 saturated heterocycles. The topological polar surface area (TPSA) is 75.3 Å². The molecule has 0 saturated carbocycles. The summed E-state index contributed by atoms with van der Waals surface area (Å²) in [6, 6.07) is 2.78. The van der Waals surface area contributed by atoms with Crippen molar-refractivity contribution in [2.75, 3.05) is 6.54 Å². The second kappa shape index (κ2) is 5.97. The molecule has 2 N–H and O–H groups in total. The molecule has 1 unspecified atom stereocenters. The second-order valence-electron chi connectivity index (χ2n) is 4.53. The van der Waals surface area contributed by atoms with Gasteiger partial charge in [-0.25, -0.2) is 0 Å². The van der Waals surface area contributed by atoms with Gasteiger partial charge in [-0.15, -0.1) is 11.3 Å². The normalized spacial score (nSPS) is 19.4. The number of carbonyl (C=O) groups excluding carboxylic acids is 3. The molecule has 0 bridgehead atoms. The fourth-order valence-corrected chi connectivity index (χ4v) is 2.76. The molecule has 0 radical (unpaired) electrons. The van der Waals surface area contributed by atoms with E-state index in [1.54, 1.807) is 12.1 Å². The predicted molar refractivity (Wildman–Crippen MR) is 72.4 cm³/mol. The van der Waals surface area contributed by atoms with Gasteiger partial charge >= 0.3 is 0 Å². The molecular weight excluding hydrogens is 264 g/mol. The van der Waals surface area contributed by atoms with E-state index in [-0.39, 0.29) is 17.6 Å². The van der Waals surface area contributed by atoms with Gasteiger partial charge in [-0.05, 0) is 38.3 Å². The van der Waals surface area contributed by atoms with Crippen LogP contribution in [0.2, 0.25) is 0 Å². The van der Waals surface area contributed by atoms with Crippen LogP contribution in [0.15, 0.2) is 12.1 Å². The van der Waals surface area contributed by atoms with Crippen LogP contribution in [0.5, 0.6) is 0 Å². The quantitative estimate of drug-likeness (QED) is 0.821. The van der Waals surface area contributed by atoms with Crippen molar-refractivity contribution in [1.82, 2.24) is 10.6 Å². The van der Waals surface area contributed by atoms with Crippen molar-refractivity contribution in [1.29, 1.82) is 0 Å². The minimum absolute atomic E-state index is 0.0590. The van der Waals surface area contributed by atoms with Crippen LogP contribution in [0.25, 0.3) is 0 Å². The van der Waals surface area contributed by atoms with Crippen molar-refractivity contribution < 1.29 is 14.4 Å². The SMILES string of the molecule is CC(=O)c1ccc(C(=O)NC2CCCCNC2=O)s1. The van der Waals surface area contributed by atoms with Gasteiger partial charge in [-0.1, -0.05) is 0 Å². The summed E-state index contributed by atoms with van der Waals surface area (Å²) < 4.78 is 0. The zero-order valence-corrected chi connectivity index (χ0v) is 11.5. The number of Topliss-reactive ketones (excluding diaryl/α,β-unsaturated/α-hetero) is 1. The summed E-state index contributed by atoms with van der Waals surface area (Å²) in [7, 11) is 0. The lowest BCUT2D eigenvalue weighted by Crippen LogP contribution is -2.45. The van der Waals surface area contributed by atoms with Crippen LogP contribution in [0.3, 0.4) is 0 Å². The lowest BCUT2D eigenvalue weighted by atomic mass is 10.1. The molecular formula is C13H16N2O3S. The number of ketones is 1. The fraction of sp³-hybridized carbons (Fsp3) is 0.462. The van der Waals surface area contributed by atoms with E-state index in [4.69, 9.17) is 0 Å². The van der Waals surface area contributed by atoms with E-state index in [9.17, 15) is 14.4 Å². The van der Waals surface area contributed by atoms with Crippen LogP contribution in [0.1, 0.15) is 45.5 Å². The average molecular weight is 280 g/mol. The van der Waals surface area contributed by atoms with E-state index in [1.807, 2.05) is 0 Å². The van der Waals surface area contributed by atoms with Gasteiger partial charge in [0.15, 0.2) is 5.78 Å². The van der Waals surface area contributed by atoms with Crippen molar-refractivity contribution in [2.24, 2.45) is 0 Å². The minimum atomic E-state index is -0.474. The fourth-order valence-electron chi connectivity index (χ4n) is 1.96. The zero-order chi connectivity index (χ0) is 13.8. The largest absolute Gasteiger partial charge is 0.354 e. The molecule has 6 heteroatoms. The molecule has 1 aliphatic heterocycles. The Morgan fingerprint density at radius 2 is 2.05 bits per heavy atom. The monoisotopic (exact) mass is 280 g/mol. The van der Waals surface area contributed by atoms with E-state index >= 15 is 0 Å². The van der Waals surface area contributed by atoms with Crippen LogP contribution in [0.4, 0.5) is 0 Å². The van der Waals surface area contributed by atoms with Gasteiger partial charge in [-0.2, -0.15) is 0 Å². The van der Waals surface area contributed by atoms with E-state index in [0.29, 0.717) is 22.7 Å². The van der Waals surface area contributed by atoms with E-state index in [1.165, 1.54) is 6.92 Å². The smallest absolute Gasteiger partial charge is 0.262 e. The molecule has 2 rings (SSSR count). The first-order valence-electron chi connectivity index (χ1n) is 6.27. The number of nitrogens with one attached hydrogen (secondary N) is 2. The Labute approximate surface area is 115 Å². The van der Waals surface area contributed by atoms with Crippen molar-refractivity contribution >= 4 is 28.9 Å². The first-order chi connectivity index (χ1) is 9.08. The van der Waals surface area contributed by atoms with E-state index in [0.717, 1.165) is 24.2 Å². The summed E-state index contributed by atoms with van der Waals surface area (Å²) in [5.74, 6) is -0.481. The summed E-state index contributed by atoms with van der Waals surface area (Å²) in [6.45, 7) is 2.13. The zero-order valence-electron chi connectivity index (χ0n) is 10.7. The van der Waals surface area contributed by atoms with Gasteiger partial charge in [0.05, 0.1) is 9.75 Å². The Hall–Kier alpha value is -1.69. The molecule has 0 spiro atoms. The number of thiophene rings is 1. The van der Waals surface area contributed by atoms with Crippen LogP contribution in [-0.2, 0) is 4.79 Å². The molecule has 1 aromatic heterocycles. The first kappa shape index (κ1) is 13.7. The minimum Gasteiger partial charge on any atom is -0.354 e. The third-order valence-electron chi connectivity index (χ3n) is 3.02. The maximum absolute atomic E-state index is 12.0. The number of hydrogen-bond donors (Lipinski definition) is 2. The summed E-state index contributed by atoms with van der Waals surface area (Å²) in [4.78, 5) is 35.9. The highest BCUT2D eigenvalue weighted by molar-refractivity contribution is 7.15. The Morgan fingerprint density at radius 1 is 1.32 bits per heavy atom. The first-order valence-corrected chi connectivity index (χ1v) is 7.09. The number of rotatable bonds is 3. The standard InChI is InChI=1S/C13H16N2O3S/c1-8(16)10-5-6-11(19-10)13(18)15-9-4-2-3-7-14-12(9)17/h5-6,9H,2-4,7H2,1H3,(H,14,17)(H,15,18). The van der Waals surface area contributed by atoms with Crippen LogP contribution >= 0.6 is 11.3 Å². The third kappa shape index (κ3) is 3.41. The van der Waals surface area contributed by atoms with Crippen molar-refractivity contribution in [3.05, 3.63) is 21.9 Å². The molecule has 5 nitrogen and oxygen atoms in total. The number of hydrogen-bond acceptors (Lipinski definition) is 4. The molecule has 0 aromatic carbocycles. The molecule has 0 aliphatic carbocycles. The summed E-state index contributed by atoms with van der Waals surface area (Å²) in [6.07, 6.45) is 2.50. The Balaban J connectivity index is 2.02. The molecule has 1 fully saturated rings. The van der Waals surface area contributed by atoms with E-state index in [2.05, 4.69) is 10.6 Å². The average Bonchev–Trinajstić information content (AvgIpc) is 2.78. The molecule has 2 amide bonds.